The number of para-hydroxylation sites is 2. The molecule has 4 aromatic rings. The van der Waals surface area contributed by atoms with Crippen LogP contribution in [0, 0.1) is 6.92 Å². The van der Waals surface area contributed by atoms with Gasteiger partial charge in [0.05, 0.1) is 5.39 Å². The van der Waals surface area contributed by atoms with E-state index in [9.17, 15) is 4.79 Å². The van der Waals surface area contributed by atoms with Crippen LogP contribution in [0.1, 0.15) is 18.2 Å². The number of nitrogens with two attached hydrogens (primary N) is 1. The van der Waals surface area contributed by atoms with E-state index in [0.717, 1.165) is 28.2 Å². The van der Waals surface area contributed by atoms with Crippen LogP contribution in [0.2, 0.25) is 0 Å². The summed E-state index contributed by atoms with van der Waals surface area (Å²) < 4.78 is 1.97. The van der Waals surface area contributed by atoms with Gasteiger partial charge in [0.2, 0.25) is 0 Å². The van der Waals surface area contributed by atoms with E-state index in [1.165, 1.54) is 6.20 Å². The lowest BCUT2D eigenvalue weighted by Gasteiger charge is -2.19. The Balaban J connectivity index is 2.02. The van der Waals surface area contributed by atoms with Crippen molar-refractivity contribution in [2.24, 2.45) is 5.73 Å². The van der Waals surface area contributed by atoms with Gasteiger partial charge in [-0.3, -0.25) is 9.36 Å². The molecule has 4 rings (SSSR count). The number of allylic oxidation sites excluding steroid dienone is 3. The summed E-state index contributed by atoms with van der Waals surface area (Å²) in [5.41, 5.74) is 10.6. The maximum Gasteiger partial charge on any atom is 0.193 e. The second kappa shape index (κ2) is 8.71. The molecule has 5 heteroatoms. The molecule has 0 aliphatic heterocycles. The number of hydrogen-bond donors (Lipinski definition) is 2. The average molecular weight is 409 g/mol. The Hall–Kier alpha value is -4.12. The first-order valence-electron chi connectivity index (χ1n) is 10.1. The molecule has 0 bridgehead atoms. The van der Waals surface area contributed by atoms with Crippen molar-refractivity contribution in [1.82, 2.24) is 9.55 Å². The third kappa shape index (κ3) is 3.98. The monoisotopic (exact) mass is 408 g/mol. The number of aromatic nitrogens is 2. The zero-order valence-corrected chi connectivity index (χ0v) is 17.5. The Morgan fingerprint density at radius 1 is 1.03 bits per heavy atom. The minimum Gasteiger partial charge on any atom is -0.404 e. The molecule has 0 aliphatic carbocycles. The molecule has 0 saturated carbocycles. The van der Waals surface area contributed by atoms with Gasteiger partial charge in [0.1, 0.15) is 11.5 Å². The molecule has 2 heterocycles. The summed E-state index contributed by atoms with van der Waals surface area (Å²) in [6.07, 6.45) is 5.37. The van der Waals surface area contributed by atoms with Crippen molar-refractivity contribution in [3.63, 3.8) is 0 Å². The smallest absolute Gasteiger partial charge is 0.193 e. The predicted molar refractivity (Wildman–Crippen MR) is 129 cm³/mol. The third-order valence-corrected chi connectivity index (χ3v) is 5.08. The van der Waals surface area contributed by atoms with Gasteiger partial charge in [0.15, 0.2) is 5.43 Å². The standard InChI is InChI=1S/C26H24N4O/c1-3-10-19(17-27)22-15-23-24(31)16-25(29-20-11-6-4-7-12-20)30(26(23)28-18(22)2)21-13-8-5-9-14-21/h3-17,29H,27H2,1-2H3/b10-3-,19-17+. The minimum absolute atomic E-state index is 0.105. The lowest BCUT2D eigenvalue weighted by molar-refractivity contribution is 1.05. The van der Waals surface area contributed by atoms with E-state index in [0.29, 0.717) is 16.9 Å². The van der Waals surface area contributed by atoms with E-state index in [1.807, 2.05) is 97.3 Å². The molecular weight excluding hydrogens is 384 g/mol. The van der Waals surface area contributed by atoms with Gasteiger partial charge in [-0.05, 0) is 49.8 Å². The van der Waals surface area contributed by atoms with E-state index < -0.39 is 0 Å². The van der Waals surface area contributed by atoms with Crippen molar-refractivity contribution in [3.05, 3.63) is 113 Å². The molecule has 0 atom stereocenters. The van der Waals surface area contributed by atoms with Crippen LogP contribution in [0.15, 0.2) is 95.9 Å². The summed E-state index contributed by atoms with van der Waals surface area (Å²) in [4.78, 5) is 18.0. The van der Waals surface area contributed by atoms with Gasteiger partial charge in [-0.2, -0.15) is 0 Å². The van der Waals surface area contributed by atoms with Gasteiger partial charge in [-0.25, -0.2) is 4.98 Å². The summed E-state index contributed by atoms with van der Waals surface area (Å²) in [7, 11) is 0. The number of nitrogens with zero attached hydrogens (tertiary/aromatic N) is 2. The molecule has 2 aromatic heterocycles. The van der Waals surface area contributed by atoms with Gasteiger partial charge < -0.3 is 11.1 Å². The van der Waals surface area contributed by atoms with Crippen molar-refractivity contribution < 1.29 is 0 Å². The zero-order chi connectivity index (χ0) is 21.8. The second-order valence-corrected chi connectivity index (χ2v) is 7.17. The molecule has 0 amide bonds. The van der Waals surface area contributed by atoms with Crippen LogP contribution < -0.4 is 16.5 Å². The molecule has 0 radical (unpaired) electrons. The van der Waals surface area contributed by atoms with Gasteiger partial charge >= 0.3 is 0 Å². The van der Waals surface area contributed by atoms with Crippen LogP contribution in [0.3, 0.4) is 0 Å². The van der Waals surface area contributed by atoms with Crippen LogP contribution in [0.25, 0.3) is 22.3 Å². The SMILES string of the molecule is C/C=C\C(=C/N)c1cc2c(=O)cc(Nc3ccccc3)n(-c3ccccc3)c2nc1C. The first kappa shape index (κ1) is 20.2. The van der Waals surface area contributed by atoms with Gasteiger partial charge in [-0.1, -0.05) is 48.6 Å². The summed E-state index contributed by atoms with van der Waals surface area (Å²) >= 11 is 0. The van der Waals surface area contributed by atoms with Crippen LogP contribution in [-0.2, 0) is 0 Å². The Kier molecular flexibility index (Phi) is 5.67. The number of hydrogen-bond acceptors (Lipinski definition) is 4. The first-order chi connectivity index (χ1) is 15.1. The van der Waals surface area contributed by atoms with Gasteiger partial charge in [0.25, 0.3) is 0 Å². The Labute approximate surface area is 181 Å². The van der Waals surface area contributed by atoms with Crippen molar-refractivity contribution in [3.8, 4) is 5.69 Å². The summed E-state index contributed by atoms with van der Waals surface area (Å²) in [5, 5.41) is 3.91. The Morgan fingerprint density at radius 2 is 1.71 bits per heavy atom. The van der Waals surface area contributed by atoms with Crippen LogP contribution >= 0.6 is 0 Å². The van der Waals surface area contributed by atoms with E-state index >= 15 is 0 Å². The number of aryl methyl sites for hydroxylation is 1. The topological polar surface area (TPSA) is 72.9 Å². The fourth-order valence-corrected chi connectivity index (χ4v) is 3.63. The second-order valence-electron chi connectivity index (χ2n) is 7.17. The van der Waals surface area contributed by atoms with Gasteiger partial charge in [0, 0.05) is 34.9 Å². The highest BCUT2D eigenvalue weighted by molar-refractivity contribution is 5.86. The van der Waals surface area contributed by atoms with Gasteiger partial charge in [-0.15, -0.1) is 0 Å². The van der Waals surface area contributed by atoms with E-state index in [4.69, 9.17) is 10.7 Å². The van der Waals surface area contributed by atoms with E-state index in [-0.39, 0.29) is 5.43 Å². The van der Waals surface area contributed by atoms with Crippen LogP contribution in [0.5, 0.6) is 0 Å². The highest BCUT2D eigenvalue weighted by atomic mass is 16.1. The number of nitrogens with one attached hydrogen (secondary N) is 1. The molecule has 0 aliphatic rings. The fraction of sp³-hybridized carbons (Fsp3) is 0.0769. The van der Waals surface area contributed by atoms with E-state index in [2.05, 4.69) is 5.32 Å². The highest BCUT2D eigenvalue weighted by Gasteiger charge is 2.16. The van der Waals surface area contributed by atoms with Crippen molar-refractivity contribution in [1.29, 1.82) is 0 Å². The quantitative estimate of drug-likeness (QED) is 0.439. The normalized spacial score (nSPS) is 11.9. The molecule has 0 unspecified atom stereocenters. The van der Waals surface area contributed by atoms with Crippen LogP contribution in [0.4, 0.5) is 11.5 Å². The Bertz CT molecular complexity index is 1340. The van der Waals surface area contributed by atoms with Crippen molar-refractivity contribution in [2.75, 3.05) is 5.32 Å². The third-order valence-electron chi connectivity index (χ3n) is 5.08. The molecule has 0 fully saturated rings. The maximum atomic E-state index is 13.1. The fourth-order valence-electron chi connectivity index (χ4n) is 3.63. The molecule has 154 valence electrons. The number of rotatable bonds is 5. The largest absolute Gasteiger partial charge is 0.404 e. The first-order valence-corrected chi connectivity index (χ1v) is 10.1. The summed E-state index contributed by atoms with van der Waals surface area (Å²) in [6, 6.07) is 23.2. The van der Waals surface area contributed by atoms with Crippen LogP contribution in [-0.4, -0.2) is 9.55 Å². The number of anilines is 2. The molecular formula is C26H24N4O. The molecule has 0 saturated heterocycles. The number of pyridine rings is 2. The molecule has 2 aromatic carbocycles. The molecule has 31 heavy (non-hydrogen) atoms. The molecule has 3 N–H and O–H groups in total. The molecule has 5 nitrogen and oxygen atoms in total. The van der Waals surface area contributed by atoms with E-state index in [1.54, 1.807) is 6.07 Å². The average Bonchev–Trinajstić information content (AvgIpc) is 2.79. The number of benzene rings is 2. The summed E-state index contributed by atoms with van der Waals surface area (Å²) in [6.45, 7) is 3.86. The lowest BCUT2D eigenvalue weighted by atomic mass is 10.0. The Morgan fingerprint density at radius 3 is 2.35 bits per heavy atom. The lowest BCUT2D eigenvalue weighted by Crippen LogP contribution is -2.14. The summed E-state index contributed by atoms with van der Waals surface area (Å²) in [5.74, 6) is 0.651. The van der Waals surface area contributed by atoms with Crippen molar-refractivity contribution >= 4 is 28.1 Å². The predicted octanol–water partition coefficient (Wildman–Crippen LogP) is 5.31. The van der Waals surface area contributed by atoms with Crippen molar-refractivity contribution in [2.45, 2.75) is 13.8 Å². The molecule has 0 spiro atoms. The number of fused-ring (bicyclic) bond motifs is 1. The minimum atomic E-state index is -0.105. The maximum absolute atomic E-state index is 13.1. The highest BCUT2D eigenvalue weighted by Crippen LogP contribution is 2.27. The zero-order valence-electron chi connectivity index (χ0n) is 17.5.